The summed E-state index contributed by atoms with van der Waals surface area (Å²) in [6.45, 7) is 2.15. The summed E-state index contributed by atoms with van der Waals surface area (Å²) < 4.78 is 1.79. The molecule has 2 aromatic rings. The molecule has 1 aromatic heterocycles. The Morgan fingerprint density at radius 1 is 1.44 bits per heavy atom. The molecule has 84 valence electrons. The van der Waals surface area contributed by atoms with E-state index in [0.29, 0.717) is 0 Å². The Labute approximate surface area is 99.1 Å². The second-order valence-electron chi connectivity index (χ2n) is 3.71. The molecular formula is C12H14N2OS. The lowest BCUT2D eigenvalue weighted by molar-refractivity contribution is 0.281. The van der Waals surface area contributed by atoms with Crippen LogP contribution in [-0.4, -0.2) is 14.9 Å². The molecule has 16 heavy (non-hydrogen) atoms. The number of benzene rings is 1. The third-order valence-electron chi connectivity index (χ3n) is 2.33. The third kappa shape index (κ3) is 2.46. The first-order valence-electron chi connectivity index (χ1n) is 5.06. The fourth-order valence-electron chi connectivity index (χ4n) is 1.50. The number of hydrogen-bond acceptors (Lipinski definition) is 3. The first-order chi connectivity index (χ1) is 7.69. The Hall–Kier alpha value is -1.26. The predicted molar refractivity (Wildman–Crippen MR) is 64.4 cm³/mol. The lowest BCUT2D eigenvalue weighted by atomic mass is 10.1. The molecule has 0 radical (unpaired) electrons. The number of nitrogens with zero attached hydrogens (tertiary/aromatic N) is 2. The Bertz CT molecular complexity index is 494. The molecule has 3 nitrogen and oxygen atoms in total. The van der Waals surface area contributed by atoms with E-state index in [0.717, 1.165) is 10.5 Å². The minimum Gasteiger partial charge on any atom is -0.392 e. The van der Waals surface area contributed by atoms with Crippen molar-refractivity contribution in [3.05, 3.63) is 41.7 Å². The molecule has 0 amide bonds. The van der Waals surface area contributed by atoms with E-state index < -0.39 is 0 Å². The van der Waals surface area contributed by atoms with Gasteiger partial charge in [0.2, 0.25) is 0 Å². The zero-order valence-corrected chi connectivity index (χ0v) is 10.2. The SMILES string of the molecule is Cc1cc(CO)ccc1Sc1cnn(C)c1. The highest BCUT2D eigenvalue weighted by Crippen LogP contribution is 2.30. The van der Waals surface area contributed by atoms with Gasteiger partial charge in [0.25, 0.3) is 0 Å². The second kappa shape index (κ2) is 4.72. The average molecular weight is 234 g/mol. The van der Waals surface area contributed by atoms with Gasteiger partial charge in [-0.15, -0.1) is 0 Å². The molecule has 0 fully saturated rings. The van der Waals surface area contributed by atoms with E-state index in [1.54, 1.807) is 16.4 Å². The molecular weight excluding hydrogens is 220 g/mol. The van der Waals surface area contributed by atoms with Crippen molar-refractivity contribution in [2.24, 2.45) is 7.05 Å². The Morgan fingerprint density at radius 3 is 2.81 bits per heavy atom. The van der Waals surface area contributed by atoms with Crippen molar-refractivity contribution < 1.29 is 5.11 Å². The van der Waals surface area contributed by atoms with Crippen molar-refractivity contribution in [3.63, 3.8) is 0 Å². The zero-order valence-electron chi connectivity index (χ0n) is 9.34. The van der Waals surface area contributed by atoms with Crippen molar-refractivity contribution in [1.82, 2.24) is 9.78 Å². The number of rotatable bonds is 3. The van der Waals surface area contributed by atoms with Crippen LogP contribution in [-0.2, 0) is 13.7 Å². The maximum atomic E-state index is 9.03. The van der Waals surface area contributed by atoms with E-state index in [9.17, 15) is 0 Å². The van der Waals surface area contributed by atoms with Crippen molar-refractivity contribution in [3.8, 4) is 0 Å². The van der Waals surface area contributed by atoms with Gasteiger partial charge >= 0.3 is 0 Å². The normalized spacial score (nSPS) is 10.7. The Balaban J connectivity index is 2.21. The highest BCUT2D eigenvalue weighted by molar-refractivity contribution is 7.99. The fourth-order valence-corrected chi connectivity index (χ4v) is 2.42. The number of aliphatic hydroxyl groups is 1. The van der Waals surface area contributed by atoms with Crippen LogP contribution < -0.4 is 0 Å². The van der Waals surface area contributed by atoms with Crippen LogP contribution in [0.3, 0.4) is 0 Å². The highest BCUT2D eigenvalue weighted by Gasteiger charge is 2.03. The summed E-state index contributed by atoms with van der Waals surface area (Å²) in [4.78, 5) is 2.33. The van der Waals surface area contributed by atoms with Crippen molar-refractivity contribution >= 4 is 11.8 Å². The van der Waals surface area contributed by atoms with Crippen LogP contribution in [0.15, 0.2) is 40.4 Å². The second-order valence-corrected chi connectivity index (χ2v) is 4.83. The van der Waals surface area contributed by atoms with E-state index in [1.807, 2.05) is 37.6 Å². The van der Waals surface area contributed by atoms with Crippen LogP contribution in [0.5, 0.6) is 0 Å². The summed E-state index contributed by atoms with van der Waals surface area (Å²) in [5, 5.41) is 13.2. The van der Waals surface area contributed by atoms with Crippen LogP contribution in [0.4, 0.5) is 0 Å². The molecule has 0 saturated carbocycles. The maximum Gasteiger partial charge on any atom is 0.0681 e. The van der Waals surface area contributed by atoms with Gasteiger partial charge < -0.3 is 5.11 Å². The minimum absolute atomic E-state index is 0.0959. The molecule has 4 heteroatoms. The van der Waals surface area contributed by atoms with Gasteiger partial charge in [0.15, 0.2) is 0 Å². The molecule has 0 aliphatic heterocycles. The van der Waals surface area contributed by atoms with Crippen LogP contribution in [0.1, 0.15) is 11.1 Å². The van der Waals surface area contributed by atoms with Gasteiger partial charge in [-0.3, -0.25) is 4.68 Å². The smallest absolute Gasteiger partial charge is 0.0681 e. The molecule has 0 atom stereocenters. The van der Waals surface area contributed by atoms with Gasteiger partial charge in [-0.05, 0) is 24.1 Å². The molecule has 0 bridgehead atoms. The van der Waals surface area contributed by atoms with E-state index in [2.05, 4.69) is 12.0 Å². The van der Waals surface area contributed by atoms with Crippen LogP contribution in [0.2, 0.25) is 0 Å². The molecule has 0 unspecified atom stereocenters. The first-order valence-corrected chi connectivity index (χ1v) is 5.87. The van der Waals surface area contributed by atoms with Gasteiger partial charge in [0.1, 0.15) is 0 Å². The molecule has 0 saturated heterocycles. The maximum absolute atomic E-state index is 9.03. The fraction of sp³-hybridized carbons (Fsp3) is 0.250. The summed E-state index contributed by atoms with van der Waals surface area (Å²) in [6, 6.07) is 6.00. The lowest BCUT2D eigenvalue weighted by Crippen LogP contribution is -1.86. The molecule has 1 aromatic carbocycles. The standard InChI is InChI=1S/C12H14N2OS/c1-9-5-10(8-15)3-4-12(9)16-11-6-13-14(2)7-11/h3-7,15H,8H2,1-2H3. The molecule has 0 spiro atoms. The Morgan fingerprint density at radius 2 is 2.25 bits per heavy atom. The molecule has 0 aliphatic rings. The van der Waals surface area contributed by atoms with Crippen LogP contribution >= 0.6 is 11.8 Å². The topological polar surface area (TPSA) is 38.1 Å². The van der Waals surface area contributed by atoms with Gasteiger partial charge in [-0.25, -0.2) is 0 Å². The monoisotopic (exact) mass is 234 g/mol. The van der Waals surface area contributed by atoms with Gasteiger partial charge in [-0.1, -0.05) is 23.9 Å². The minimum atomic E-state index is 0.0959. The number of hydrogen-bond donors (Lipinski definition) is 1. The molecule has 2 rings (SSSR count). The number of aliphatic hydroxyl groups excluding tert-OH is 1. The molecule has 0 aliphatic carbocycles. The van der Waals surface area contributed by atoms with Crippen molar-refractivity contribution in [2.45, 2.75) is 23.3 Å². The zero-order chi connectivity index (χ0) is 11.5. The highest BCUT2D eigenvalue weighted by atomic mass is 32.2. The van der Waals surface area contributed by atoms with E-state index in [4.69, 9.17) is 5.11 Å². The largest absolute Gasteiger partial charge is 0.392 e. The average Bonchev–Trinajstić information content (AvgIpc) is 2.67. The van der Waals surface area contributed by atoms with Crippen molar-refractivity contribution in [1.29, 1.82) is 0 Å². The van der Waals surface area contributed by atoms with E-state index >= 15 is 0 Å². The van der Waals surface area contributed by atoms with E-state index in [1.165, 1.54) is 10.5 Å². The first kappa shape index (κ1) is 11.2. The van der Waals surface area contributed by atoms with Gasteiger partial charge in [0, 0.05) is 18.1 Å². The quantitative estimate of drug-likeness (QED) is 0.886. The van der Waals surface area contributed by atoms with Gasteiger partial charge in [0.05, 0.1) is 17.7 Å². The summed E-state index contributed by atoms with van der Waals surface area (Å²) in [6.07, 6.45) is 3.84. The molecule has 1 heterocycles. The Kier molecular flexibility index (Phi) is 3.31. The lowest BCUT2D eigenvalue weighted by Gasteiger charge is -2.05. The number of aryl methyl sites for hydroxylation is 2. The summed E-state index contributed by atoms with van der Waals surface area (Å²) >= 11 is 1.69. The predicted octanol–water partition coefficient (Wildman–Crippen LogP) is 2.37. The third-order valence-corrected chi connectivity index (χ3v) is 3.46. The van der Waals surface area contributed by atoms with Crippen LogP contribution in [0, 0.1) is 6.92 Å². The summed E-state index contributed by atoms with van der Waals surface area (Å²) in [5.74, 6) is 0. The number of aromatic nitrogens is 2. The van der Waals surface area contributed by atoms with E-state index in [-0.39, 0.29) is 6.61 Å². The van der Waals surface area contributed by atoms with Gasteiger partial charge in [-0.2, -0.15) is 5.10 Å². The summed E-state index contributed by atoms with van der Waals surface area (Å²) in [7, 11) is 1.91. The molecule has 1 N–H and O–H groups in total. The van der Waals surface area contributed by atoms with Crippen LogP contribution in [0.25, 0.3) is 0 Å². The summed E-state index contributed by atoms with van der Waals surface area (Å²) in [5.41, 5.74) is 2.13. The van der Waals surface area contributed by atoms with Crippen molar-refractivity contribution in [2.75, 3.05) is 0 Å².